The molecule has 3 rings (SSSR count). The van der Waals surface area contributed by atoms with Crippen LogP contribution in [0.1, 0.15) is 35.4 Å². The Bertz CT molecular complexity index is 938. The molecule has 7 heteroatoms. The van der Waals surface area contributed by atoms with Gasteiger partial charge in [0.25, 0.3) is 5.56 Å². The molecule has 3 N–H and O–H groups in total. The lowest BCUT2D eigenvalue weighted by Crippen LogP contribution is -2.17. The standard InChI is InChI=1S/C20H23N5O2/c1-14-7-8-15(12-23-14)11-16-13-24-20(25-19(16)27)22-9-3-2-5-17-18(26)6-4-10-21-17/h4,6-8,10,12-13,26H,2-3,5,9,11H2,1H3,(H2,22,24,25,27). The van der Waals surface area contributed by atoms with E-state index in [1.807, 2.05) is 19.1 Å². The van der Waals surface area contributed by atoms with E-state index in [0.717, 1.165) is 24.1 Å². The minimum absolute atomic E-state index is 0.147. The number of aromatic nitrogens is 4. The number of aromatic amines is 1. The molecule has 0 aliphatic carbocycles. The minimum atomic E-state index is -0.147. The molecule has 3 heterocycles. The lowest BCUT2D eigenvalue weighted by molar-refractivity contribution is 0.462. The molecule has 7 nitrogen and oxygen atoms in total. The number of H-pyrrole nitrogens is 1. The van der Waals surface area contributed by atoms with E-state index < -0.39 is 0 Å². The first-order valence-corrected chi connectivity index (χ1v) is 8.98. The van der Waals surface area contributed by atoms with Crippen molar-refractivity contribution in [3.63, 3.8) is 0 Å². The van der Waals surface area contributed by atoms with Crippen molar-refractivity contribution in [2.24, 2.45) is 0 Å². The highest BCUT2D eigenvalue weighted by Gasteiger charge is 2.05. The molecule has 0 radical (unpaired) electrons. The average Bonchev–Trinajstić information content (AvgIpc) is 2.67. The molecule has 0 spiro atoms. The van der Waals surface area contributed by atoms with Crippen molar-refractivity contribution >= 4 is 5.95 Å². The van der Waals surface area contributed by atoms with Gasteiger partial charge in [0.2, 0.25) is 5.95 Å². The largest absolute Gasteiger partial charge is 0.506 e. The molecule has 0 atom stereocenters. The van der Waals surface area contributed by atoms with Crippen LogP contribution in [0.5, 0.6) is 5.75 Å². The molecule has 0 amide bonds. The maximum atomic E-state index is 12.2. The van der Waals surface area contributed by atoms with Crippen molar-refractivity contribution < 1.29 is 5.11 Å². The van der Waals surface area contributed by atoms with E-state index in [1.165, 1.54) is 0 Å². The zero-order valence-electron chi connectivity index (χ0n) is 15.3. The van der Waals surface area contributed by atoms with Gasteiger partial charge in [0.15, 0.2) is 0 Å². The van der Waals surface area contributed by atoms with Gasteiger partial charge >= 0.3 is 0 Å². The van der Waals surface area contributed by atoms with E-state index in [9.17, 15) is 9.90 Å². The van der Waals surface area contributed by atoms with Crippen molar-refractivity contribution in [2.45, 2.75) is 32.6 Å². The molecule has 0 saturated carbocycles. The van der Waals surface area contributed by atoms with Crippen LogP contribution in [-0.2, 0) is 12.8 Å². The lowest BCUT2D eigenvalue weighted by Gasteiger charge is -2.07. The summed E-state index contributed by atoms with van der Waals surface area (Å²) in [7, 11) is 0. The normalized spacial score (nSPS) is 10.7. The van der Waals surface area contributed by atoms with Crippen molar-refractivity contribution in [3.05, 3.63) is 75.7 Å². The van der Waals surface area contributed by atoms with E-state index in [-0.39, 0.29) is 11.3 Å². The monoisotopic (exact) mass is 365 g/mol. The lowest BCUT2D eigenvalue weighted by atomic mass is 10.1. The van der Waals surface area contributed by atoms with Crippen LogP contribution in [0, 0.1) is 6.92 Å². The van der Waals surface area contributed by atoms with Gasteiger partial charge in [-0.25, -0.2) is 4.98 Å². The van der Waals surface area contributed by atoms with Gasteiger partial charge < -0.3 is 10.4 Å². The second kappa shape index (κ2) is 8.93. The van der Waals surface area contributed by atoms with Gasteiger partial charge in [0.1, 0.15) is 5.75 Å². The van der Waals surface area contributed by atoms with Crippen LogP contribution in [0.2, 0.25) is 0 Å². The van der Waals surface area contributed by atoms with Gasteiger partial charge in [-0.3, -0.25) is 19.7 Å². The fourth-order valence-electron chi connectivity index (χ4n) is 2.71. The summed E-state index contributed by atoms with van der Waals surface area (Å²) in [4.78, 5) is 27.7. The Morgan fingerprint density at radius 3 is 2.74 bits per heavy atom. The zero-order chi connectivity index (χ0) is 19.1. The first-order chi connectivity index (χ1) is 13.1. The Morgan fingerprint density at radius 2 is 2.00 bits per heavy atom. The van der Waals surface area contributed by atoms with Crippen LogP contribution < -0.4 is 10.9 Å². The zero-order valence-corrected chi connectivity index (χ0v) is 15.3. The molecule has 0 unspecified atom stereocenters. The van der Waals surface area contributed by atoms with Crippen LogP contribution in [-0.4, -0.2) is 31.6 Å². The Morgan fingerprint density at radius 1 is 1.11 bits per heavy atom. The second-order valence-electron chi connectivity index (χ2n) is 6.42. The number of hydrogen-bond acceptors (Lipinski definition) is 6. The topological polar surface area (TPSA) is 104 Å². The smallest absolute Gasteiger partial charge is 0.255 e. The van der Waals surface area contributed by atoms with E-state index in [0.29, 0.717) is 36.6 Å². The number of rotatable bonds is 8. The van der Waals surface area contributed by atoms with Gasteiger partial charge in [-0.1, -0.05) is 6.07 Å². The van der Waals surface area contributed by atoms with E-state index in [2.05, 4.69) is 25.3 Å². The van der Waals surface area contributed by atoms with Crippen LogP contribution in [0.15, 0.2) is 47.7 Å². The van der Waals surface area contributed by atoms with Gasteiger partial charge in [-0.15, -0.1) is 0 Å². The summed E-state index contributed by atoms with van der Waals surface area (Å²) in [6, 6.07) is 7.25. The Kier molecular flexibility index (Phi) is 6.14. The van der Waals surface area contributed by atoms with Crippen LogP contribution in [0.3, 0.4) is 0 Å². The summed E-state index contributed by atoms with van der Waals surface area (Å²) in [5, 5.41) is 12.8. The molecular weight excluding hydrogens is 342 g/mol. The molecule has 140 valence electrons. The van der Waals surface area contributed by atoms with E-state index >= 15 is 0 Å². The fourth-order valence-corrected chi connectivity index (χ4v) is 2.71. The van der Waals surface area contributed by atoms with Crippen LogP contribution in [0.4, 0.5) is 5.95 Å². The van der Waals surface area contributed by atoms with Crippen molar-refractivity contribution in [3.8, 4) is 5.75 Å². The molecule has 3 aromatic heterocycles. The average molecular weight is 365 g/mol. The summed E-state index contributed by atoms with van der Waals surface area (Å²) in [6.45, 7) is 2.61. The number of nitrogens with zero attached hydrogens (tertiary/aromatic N) is 3. The Hall–Kier alpha value is -3.22. The van der Waals surface area contributed by atoms with Crippen molar-refractivity contribution in [1.29, 1.82) is 0 Å². The highest BCUT2D eigenvalue weighted by molar-refractivity contribution is 5.28. The molecule has 0 bridgehead atoms. The second-order valence-corrected chi connectivity index (χ2v) is 6.42. The quantitative estimate of drug-likeness (QED) is 0.530. The molecule has 0 fully saturated rings. The van der Waals surface area contributed by atoms with E-state index in [1.54, 1.807) is 30.7 Å². The number of pyridine rings is 2. The molecule has 0 saturated heterocycles. The highest BCUT2D eigenvalue weighted by Crippen LogP contribution is 2.15. The van der Waals surface area contributed by atoms with Gasteiger partial charge in [0.05, 0.1) is 5.69 Å². The first-order valence-electron chi connectivity index (χ1n) is 8.98. The maximum absolute atomic E-state index is 12.2. The molecule has 0 aromatic carbocycles. The third-order valence-electron chi connectivity index (χ3n) is 4.24. The number of unbranched alkanes of at least 4 members (excludes halogenated alkanes) is 1. The third kappa shape index (κ3) is 5.37. The third-order valence-corrected chi connectivity index (χ3v) is 4.24. The number of anilines is 1. The Balaban J connectivity index is 1.47. The van der Waals surface area contributed by atoms with Crippen molar-refractivity contribution in [1.82, 2.24) is 19.9 Å². The molecule has 27 heavy (non-hydrogen) atoms. The summed E-state index contributed by atoms with van der Waals surface area (Å²) in [5.74, 6) is 0.697. The summed E-state index contributed by atoms with van der Waals surface area (Å²) >= 11 is 0. The minimum Gasteiger partial charge on any atom is -0.506 e. The number of aromatic hydroxyl groups is 1. The van der Waals surface area contributed by atoms with Gasteiger partial charge in [-0.05, 0) is 49.9 Å². The molecule has 0 aliphatic heterocycles. The number of nitrogens with one attached hydrogen (secondary N) is 2. The molecule has 3 aromatic rings. The number of hydrogen-bond donors (Lipinski definition) is 3. The van der Waals surface area contributed by atoms with Gasteiger partial charge in [-0.2, -0.15) is 0 Å². The fraction of sp³-hybridized carbons (Fsp3) is 0.300. The summed E-state index contributed by atoms with van der Waals surface area (Å²) < 4.78 is 0. The van der Waals surface area contributed by atoms with E-state index in [4.69, 9.17) is 0 Å². The summed E-state index contributed by atoms with van der Waals surface area (Å²) in [6.07, 6.45) is 8.02. The predicted molar refractivity (Wildman–Crippen MR) is 104 cm³/mol. The van der Waals surface area contributed by atoms with Crippen LogP contribution >= 0.6 is 0 Å². The maximum Gasteiger partial charge on any atom is 0.255 e. The predicted octanol–water partition coefficient (Wildman–Crippen LogP) is 2.60. The molecular formula is C20H23N5O2. The first kappa shape index (κ1) is 18.6. The summed E-state index contributed by atoms with van der Waals surface area (Å²) in [5.41, 5.74) is 3.09. The van der Waals surface area contributed by atoms with Crippen molar-refractivity contribution in [2.75, 3.05) is 11.9 Å². The molecule has 0 aliphatic rings. The SMILES string of the molecule is Cc1ccc(Cc2cnc(NCCCCc3ncccc3O)[nH]c2=O)cn1. The Labute approximate surface area is 157 Å². The number of aryl methyl sites for hydroxylation is 2. The van der Waals surface area contributed by atoms with Gasteiger partial charge in [0, 0.05) is 42.8 Å². The highest BCUT2D eigenvalue weighted by atomic mass is 16.3. The van der Waals surface area contributed by atoms with Crippen LogP contribution in [0.25, 0.3) is 0 Å².